The number of methoxy groups -OCH3 is 1. The first kappa shape index (κ1) is 22.1. The van der Waals surface area contributed by atoms with Gasteiger partial charge in [-0.15, -0.1) is 0 Å². The number of imidazole rings is 1. The van der Waals surface area contributed by atoms with E-state index in [1.807, 2.05) is 31.2 Å². The molecule has 0 saturated carbocycles. The first-order valence-corrected chi connectivity index (χ1v) is 11.4. The van der Waals surface area contributed by atoms with Gasteiger partial charge in [0, 0.05) is 28.7 Å². The number of ether oxygens (including phenoxy) is 1. The number of fused-ring (bicyclic) bond motifs is 1. The van der Waals surface area contributed by atoms with Crippen LogP contribution in [0.25, 0.3) is 22.4 Å². The van der Waals surface area contributed by atoms with Gasteiger partial charge in [0.1, 0.15) is 12.1 Å². The minimum absolute atomic E-state index is 0.379. The number of rotatable bonds is 9. The highest BCUT2D eigenvalue weighted by Crippen LogP contribution is 2.38. The zero-order valence-electron chi connectivity index (χ0n) is 18.7. The number of hydrogen-bond acceptors (Lipinski definition) is 8. The summed E-state index contributed by atoms with van der Waals surface area (Å²) in [6, 6.07) is 8.43. The summed E-state index contributed by atoms with van der Waals surface area (Å²) in [6.45, 7) is 7.93. The lowest BCUT2D eigenvalue weighted by Crippen LogP contribution is -2.24. The van der Waals surface area contributed by atoms with Crippen LogP contribution < -0.4 is 15.8 Å². The van der Waals surface area contributed by atoms with E-state index in [-0.39, 0.29) is 0 Å². The van der Waals surface area contributed by atoms with Gasteiger partial charge in [-0.3, -0.25) is 5.10 Å². The van der Waals surface area contributed by atoms with Crippen molar-refractivity contribution in [3.63, 3.8) is 0 Å². The van der Waals surface area contributed by atoms with Crippen molar-refractivity contribution < 1.29 is 4.74 Å². The molecule has 3 heterocycles. The SMILES string of the molecule is COc1ccc(-c2cc(C)[nH]n2)c(Sc2nc3c(N)ncnc3n2CCCNC(C)C)c1. The van der Waals surface area contributed by atoms with Crippen molar-refractivity contribution in [3.05, 3.63) is 36.3 Å². The summed E-state index contributed by atoms with van der Waals surface area (Å²) >= 11 is 1.55. The average molecular weight is 453 g/mol. The molecule has 0 aliphatic carbocycles. The van der Waals surface area contributed by atoms with E-state index in [2.05, 4.69) is 43.9 Å². The first-order valence-electron chi connectivity index (χ1n) is 10.5. The molecule has 4 rings (SSSR count). The fourth-order valence-corrected chi connectivity index (χ4v) is 4.50. The lowest BCUT2D eigenvalue weighted by atomic mass is 10.1. The molecule has 0 saturated heterocycles. The molecule has 0 radical (unpaired) electrons. The third-order valence-corrected chi connectivity index (χ3v) is 6.06. The molecule has 4 aromatic rings. The fourth-order valence-electron chi connectivity index (χ4n) is 3.42. The number of hydrogen-bond donors (Lipinski definition) is 3. The van der Waals surface area contributed by atoms with Gasteiger partial charge in [-0.25, -0.2) is 15.0 Å². The number of nitrogens with one attached hydrogen (secondary N) is 2. The predicted octanol–water partition coefficient (Wildman–Crippen LogP) is 3.65. The summed E-state index contributed by atoms with van der Waals surface area (Å²) in [5.74, 6) is 1.15. The first-order chi connectivity index (χ1) is 15.5. The molecule has 9 nitrogen and oxygen atoms in total. The van der Waals surface area contributed by atoms with Crippen LogP contribution in [0.1, 0.15) is 26.0 Å². The van der Waals surface area contributed by atoms with E-state index >= 15 is 0 Å². The Kier molecular flexibility index (Phi) is 6.61. The summed E-state index contributed by atoms with van der Waals surface area (Å²) in [5, 5.41) is 11.7. The van der Waals surface area contributed by atoms with E-state index in [1.54, 1.807) is 18.9 Å². The highest BCUT2D eigenvalue weighted by Gasteiger charge is 2.19. The van der Waals surface area contributed by atoms with Gasteiger partial charge in [0.05, 0.1) is 12.8 Å². The molecule has 0 atom stereocenters. The highest BCUT2D eigenvalue weighted by molar-refractivity contribution is 7.99. The van der Waals surface area contributed by atoms with E-state index in [0.717, 1.165) is 57.9 Å². The van der Waals surface area contributed by atoms with Crippen LogP contribution in [0, 0.1) is 6.92 Å². The van der Waals surface area contributed by atoms with Crippen molar-refractivity contribution in [2.24, 2.45) is 0 Å². The second-order valence-corrected chi connectivity index (χ2v) is 8.85. The largest absolute Gasteiger partial charge is 0.497 e. The van der Waals surface area contributed by atoms with Crippen LogP contribution in [0.2, 0.25) is 0 Å². The van der Waals surface area contributed by atoms with Gasteiger partial charge in [0.25, 0.3) is 0 Å². The Bertz CT molecular complexity index is 1220. The third kappa shape index (κ3) is 4.71. The molecular weight excluding hydrogens is 424 g/mol. The number of aromatic amines is 1. The van der Waals surface area contributed by atoms with E-state index in [1.165, 1.54) is 6.33 Å². The van der Waals surface area contributed by atoms with Crippen LogP contribution in [0.3, 0.4) is 0 Å². The van der Waals surface area contributed by atoms with Gasteiger partial charge in [0.2, 0.25) is 0 Å². The molecule has 0 aliphatic rings. The van der Waals surface area contributed by atoms with Crippen molar-refractivity contribution in [1.29, 1.82) is 0 Å². The Morgan fingerprint density at radius 1 is 1.25 bits per heavy atom. The molecular formula is C22H28N8OS. The predicted molar refractivity (Wildman–Crippen MR) is 127 cm³/mol. The second-order valence-electron chi connectivity index (χ2n) is 7.84. The molecule has 10 heteroatoms. The number of nitrogens with zero attached hydrogens (tertiary/aromatic N) is 5. The van der Waals surface area contributed by atoms with Crippen molar-refractivity contribution >= 4 is 28.7 Å². The molecule has 0 spiro atoms. The van der Waals surface area contributed by atoms with Crippen molar-refractivity contribution in [1.82, 2.24) is 35.0 Å². The molecule has 1 aromatic carbocycles. The molecule has 168 valence electrons. The molecule has 4 N–H and O–H groups in total. The van der Waals surface area contributed by atoms with Gasteiger partial charge in [-0.2, -0.15) is 5.10 Å². The summed E-state index contributed by atoms with van der Waals surface area (Å²) in [4.78, 5) is 14.4. The average Bonchev–Trinajstić information content (AvgIpc) is 3.35. The minimum Gasteiger partial charge on any atom is -0.497 e. The Labute approximate surface area is 191 Å². The van der Waals surface area contributed by atoms with Crippen LogP contribution in [0.5, 0.6) is 5.75 Å². The quantitative estimate of drug-likeness (QED) is 0.329. The molecule has 0 unspecified atom stereocenters. The summed E-state index contributed by atoms with van der Waals surface area (Å²) < 4.78 is 7.59. The summed E-state index contributed by atoms with van der Waals surface area (Å²) in [5.41, 5.74) is 10.3. The smallest absolute Gasteiger partial charge is 0.175 e. The number of nitrogen functional groups attached to an aromatic ring is 1. The number of aromatic nitrogens is 6. The fraction of sp³-hybridized carbons (Fsp3) is 0.364. The lowest BCUT2D eigenvalue weighted by Gasteiger charge is -2.12. The molecule has 0 fully saturated rings. The topological polar surface area (TPSA) is 120 Å². The van der Waals surface area contributed by atoms with Gasteiger partial charge in [0.15, 0.2) is 22.1 Å². The van der Waals surface area contributed by atoms with Crippen LogP contribution >= 0.6 is 11.8 Å². The Balaban J connectivity index is 1.73. The van der Waals surface area contributed by atoms with E-state index in [4.69, 9.17) is 15.5 Å². The van der Waals surface area contributed by atoms with Crippen LogP contribution in [-0.2, 0) is 6.54 Å². The number of nitrogens with two attached hydrogens (primary N) is 1. The maximum atomic E-state index is 6.11. The molecule has 0 bridgehead atoms. The lowest BCUT2D eigenvalue weighted by molar-refractivity contribution is 0.414. The highest BCUT2D eigenvalue weighted by atomic mass is 32.2. The summed E-state index contributed by atoms with van der Waals surface area (Å²) in [6.07, 6.45) is 2.42. The minimum atomic E-state index is 0.379. The second kappa shape index (κ2) is 9.58. The number of H-pyrrole nitrogens is 1. The maximum absolute atomic E-state index is 6.11. The molecule has 0 amide bonds. The van der Waals surface area contributed by atoms with Gasteiger partial charge in [-0.05, 0) is 44.2 Å². The van der Waals surface area contributed by atoms with Crippen LogP contribution in [0.4, 0.5) is 5.82 Å². The van der Waals surface area contributed by atoms with Crippen molar-refractivity contribution in [3.8, 4) is 17.0 Å². The van der Waals surface area contributed by atoms with Crippen molar-refractivity contribution in [2.45, 2.75) is 49.8 Å². The van der Waals surface area contributed by atoms with Gasteiger partial charge < -0.3 is 20.4 Å². The molecule has 3 aromatic heterocycles. The van der Waals surface area contributed by atoms with Gasteiger partial charge in [-0.1, -0.05) is 25.6 Å². The van der Waals surface area contributed by atoms with Gasteiger partial charge >= 0.3 is 0 Å². The zero-order chi connectivity index (χ0) is 22.7. The Hall–Kier alpha value is -3.11. The van der Waals surface area contributed by atoms with E-state index in [9.17, 15) is 0 Å². The van der Waals surface area contributed by atoms with Crippen molar-refractivity contribution in [2.75, 3.05) is 19.4 Å². The molecule has 32 heavy (non-hydrogen) atoms. The number of anilines is 1. The Morgan fingerprint density at radius 3 is 2.81 bits per heavy atom. The zero-order valence-corrected chi connectivity index (χ0v) is 19.5. The summed E-state index contributed by atoms with van der Waals surface area (Å²) in [7, 11) is 1.66. The van der Waals surface area contributed by atoms with Crippen LogP contribution in [-0.4, -0.2) is 49.4 Å². The standard InChI is InChI=1S/C22H28N8OS/c1-13(2)24-8-5-9-30-21-19(20(23)25-12-26-21)27-22(30)32-18-11-15(31-4)6-7-16(18)17-10-14(3)28-29-17/h6-7,10-13,24H,5,8-9H2,1-4H3,(H,28,29)(H2,23,25,26). The van der Waals surface area contributed by atoms with Crippen LogP contribution in [0.15, 0.2) is 40.6 Å². The molecule has 0 aliphatic heterocycles. The third-order valence-electron chi connectivity index (χ3n) is 5.01. The normalized spacial score (nSPS) is 11.5. The van der Waals surface area contributed by atoms with E-state index < -0.39 is 0 Å². The number of benzene rings is 1. The Morgan fingerprint density at radius 2 is 2.09 bits per heavy atom. The number of aryl methyl sites for hydroxylation is 2. The van der Waals surface area contributed by atoms with E-state index in [0.29, 0.717) is 17.4 Å². The maximum Gasteiger partial charge on any atom is 0.175 e. The monoisotopic (exact) mass is 452 g/mol.